The van der Waals surface area contributed by atoms with Gasteiger partial charge in [0.25, 0.3) is 0 Å². The third-order valence-electron chi connectivity index (χ3n) is 7.04. The molecule has 0 spiro atoms. The number of thiazole rings is 1. The van der Waals surface area contributed by atoms with Crippen molar-refractivity contribution in [1.29, 1.82) is 0 Å². The zero-order valence-corrected chi connectivity index (χ0v) is 21.1. The van der Waals surface area contributed by atoms with Crippen molar-refractivity contribution in [2.24, 2.45) is 11.7 Å². The Hall–Kier alpha value is -3.13. The first-order valence-electron chi connectivity index (χ1n) is 12.2. The van der Waals surface area contributed by atoms with Crippen LogP contribution in [0.25, 0.3) is 22.0 Å². The lowest BCUT2D eigenvalue weighted by atomic mass is 9.83. The number of carboxylic acids is 1. The molecule has 0 saturated heterocycles. The van der Waals surface area contributed by atoms with Crippen LogP contribution in [-0.2, 0) is 4.79 Å². The van der Waals surface area contributed by atoms with Crippen molar-refractivity contribution in [2.75, 3.05) is 7.11 Å². The third-order valence-corrected chi connectivity index (χ3v) is 7.94. The number of methoxy groups -OCH3 is 1. The minimum absolute atomic E-state index is 0.0140. The van der Waals surface area contributed by atoms with Crippen molar-refractivity contribution in [2.45, 2.75) is 64.3 Å². The van der Waals surface area contributed by atoms with Gasteiger partial charge in [-0.3, -0.25) is 4.79 Å². The number of aromatic carboxylic acids is 1. The monoisotopic (exact) mass is 495 g/mol. The number of primary amides is 1. The Morgan fingerprint density at radius 1 is 1.23 bits per heavy atom. The van der Waals surface area contributed by atoms with E-state index in [1.807, 2.05) is 36.6 Å². The van der Waals surface area contributed by atoms with Crippen LogP contribution in [0.5, 0.6) is 5.75 Å². The number of nitrogens with two attached hydrogens (primary N) is 1. The van der Waals surface area contributed by atoms with E-state index in [9.17, 15) is 14.7 Å². The fourth-order valence-electron chi connectivity index (χ4n) is 5.23. The van der Waals surface area contributed by atoms with Gasteiger partial charge in [-0.25, -0.2) is 9.78 Å². The Morgan fingerprint density at radius 3 is 2.57 bits per heavy atom. The highest BCUT2D eigenvalue weighted by atomic mass is 32.1. The van der Waals surface area contributed by atoms with Gasteiger partial charge in [0.05, 0.1) is 24.1 Å². The molecule has 1 aromatic carbocycles. The summed E-state index contributed by atoms with van der Waals surface area (Å²) in [6.07, 6.45) is 7.83. The number of carbonyl (C=O) groups excluding carboxylic acids is 1. The smallest absolute Gasteiger partial charge is 0.337 e. The highest BCUT2D eigenvalue weighted by Gasteiger charge is 2.27. The molecule has 7 nitrogen and oxygen atoms in total. The summed E-state index contributed by atoms with van der Waals surface area (Å²) in [5, 5.41) is 12.7. The number of amides is 1. The maximum absolute atomic E-state index is 12.1. The molecule has 186 valence electrons. The summed E-state index contributed by atoms with van der Waals surface area (Å²) in [6.45, 7) is 1.85. The van der Waals surface area contributed by atoms with E-state index in [1.165, 1.54) is 43.4 Å². The first-order chi connectivity index (χ1) is 16.9. The van der Waals surface area contributed by atoms with Gasteiger partial charge in [-0.05, 0) is 56.0 Å². The van der Waals surface area contributed by atoms with Crippen molar-refractivity contribution >= 4 is 23.2 Å². The van der Waals surface area contributed by atoms with E-state index in [0.717, 1.165) is 34.1 Å². The molecule has 0 aliphatic heterocycles. The summed E-state index contributed by atoms with van der Waals surface area (Å²) < 4.78 is 7.36. The second-order valence-corrected chi connectivity index (χ2v) is 10.2. The second kappa shape index (κ2) is 11.1. The highest BCUT2D eigenvalue weighted by molar-refractivity contribution is 7.13. The lowest BCUT2D eigenvalue weighted by Gasteiger charge is -2.29. The molecular formula is C27H33N3O4S. The first-order valence-corrected chi connectivity index (χ1v) is 13.1. The Labute approximate surface area is 209 Å². The summed E-state index contributed by atoms with van der Waals surface area (Å²) in [7, 11) is 1.63. The van der Waals surface area contributed by atoms with Crippen molar-refractivity contribution in [3.8, 4) is 27.7 Å². The van der Waals surface area contributed by atoms with Gasteiger partial charge in [-0.1, -0.05) is 32.1 Å². The van der Waals surface area contributed by atoms with Crippen LogP contribution in [0.3, 0.4) is 0 Å². The van der Waals surface area contributed by atoms with E-state index in [2.05, 4.69) is 4.57 Å². The molecule has 2 aromatic heterocycles. The molecule has 1 saturated carbocycles. The molecule has 8 heteroatoms. The first kappa shape index (κ1) is 25.0. The number of hydrogen-bond acceptors (Lipinski definition) is 5. The molecule has 35 heavy (non-hydrogen) atoms. The van der Waals surface area contributed by atoms with Gasteiger partial charge in [0.2, 0.25) is 5.91 Å². The zero-order chi connectivity index (χ0) is 24.9. The average molecular weight is 496 g/mol. The number of rotatable bonds is 10. The van der Waals surface area contributed by atoms with Crippen LogP contribution < -0.4 is 10.5 Å². The van der Waals surface area contributed by atoms with E-state index >= 15 is 0 Å². The number of ether oxygens (including phenoxy) is 1. The van der Waals surface area contributed by atoms with Crippen molar-refractivity contribution in [3.63, 3.8) is 0 Å². The molecule has 1 unspecified atom stereocenters. The molecule has 1 fully saturated rings. The SMILES string of the molecule is COc1ccc(-c2nc(-c3cc(C(=O)O)c(C)n3C(CCC(N)=O)CC3CCCCC3)cs2)cc1. The molecule has 0 bridgehead atoms. The molecule has 0 radical (unpaired) electrons. The van der Waals surface area contributed by atoms with Crippen molar-refractivity contribution < 1.29 is 19.4 Å². The normalized spacial score (nSPS) is 15.1. The van der Waals surface area contributed by atoms with Crippen LogP contribution in [-0.4, -0.2) is 33.6 Å². The minimum atomic E-state index is -0.959. The Balaban J connectivity index is 1.73. The molecular weight excluding hydrogens is 462 g/mol. The summed E-state index contributed by atoms with van der Waals surface area (Å²) in [4.78, 5) is 28.6. The van der Waals surface area contributed by atoms with E-state index in [4.69, 9.17) is 15.5 Å². The summed E-state index contributed by atoms with van der Waals surface area (Å²) >= 11 is 1.52. The number of hydrogen-bond donors (Lipinski definition) is 2. The largest absolute Gasteiger partial charge is 0.497 e. The number of benzene rings is 1. The number of nitrogens with zero attached hydrogens (tertiary/aromatic N) is 2. The van der Waals surface area contributed by atoms with Crippen molar-refractivity contribution in [3.05, 3.63) is 47.0 Å². The molecule has 4 rings (SSSR count). The minimum Gasteiger partial charge on any atom is -0.497 e. The van der Waals surface area contributed by atoms with Crippen molar-refractivity contribution in [1.82, 2.24) is 9.55 Å². The molecule has 2 heterocycles. The molecule has 1 aliphatic carbocycles. The van der Waals surface area contributed by atoms with Gasteiger partial charge in [-0.15, -0.1) is 11.3 Å². The van der Waals surface area contributed by atoms with E-state index in [1.54, 1.807) is 13.2 Å². The van der Waals surface area contributed by atoms with Gasteiger partial charge >= 0.3 is 5.97 Å². The average Bonchev–Trinajstić information content (AvgIpc) is 3.47. The van der Waals surface area contributed by atoms with Crippen LogP contribution in [0, 0.1) is 12.8 Å². The van der Waals surface area contributed by atoms with Crippen LogP contribution in [0.1, 0.15) is 73.5 Å². The molecule has 3 aromatic rings. The topological polar surface area (TPSA) is 107 Å². The third kappa shape index (κ3) is 5.75. The molecule has 1 amide bonds. The van der Waals surface area contributed by atoms with Gasteiger partial charge < -0.3 is 20.1 Å². The predicted octanol–water partition coefficient (Wildman–Crippen LogP) is 6.07. The molecule has 1 aliphatic rings. The Bertz CT molecular complexity index is 1180. The zero-order valence-electron chi connectivity index (χ0n) is 20.3. The maximum atomic E-state index is 12.1. The van der Waals surface area contributed by atoms with Gasteiger partial charge in [-0.2, -0.15) is 0 Å². The predicted molar refractivity (Wildman–Crippen MR) is 138 cm³/mol. The van der Waals surface area contributed by atoms with E-state index < -0.39 is 5.97 Å². The van der Waals surface area contributed by atoms with E-state index in [-0.39, 0.29) is 23.9 Å². The second-order valence-electron chi connectivity index (χ2n) is 9.37. The van der Waals surface area contributed by atoms with Crippen LogP contribution in [0.15, 0.2) is 35.7 Å². The Morgan fingerprint density at radius 2 is 1.94 bits per heavy atom. The van der Waals surface area contributed by atoms with Gasteiger partial charge in [0.15, 0.2) is 0 Å². The highest BCUT2D eigenvalue weighted by Crippen LogP contribution is 2.39. The summed E-state index contributed by atoms with van der Waals surface area (Å²) in [5.74, 6) is 0.0503. The van der Waals surface area contributed by atoms with Gasteiger partial charge in [0, 0.05) is 29.1 Å². The number of aromatic nitrogens is 2. The van der Waals surface area contributed by atoms with Crippen LogP contribution >= 0.6 is 11.3 Å². The Kier molecular flexibility index (Phi) is 7.90. The summed E-state index contributed by atoms with van der Waals surface area (Å²) in [6, 6.07) is 9.44. The summed E-state index contributed by atoms with van der Waals surface area (Å²) in [5.41, 5.74) is 8.97. The fraction of sp³-hybridized carbons (Fsp3) is 0.444. The lowest BCUT2D eigenvalue weighted by molar-refractivity contribution is -0.118. The van der Waals surface area contributed by atoms with E-state index in [0.29, 0.717) is 18.0 Å². The molecule has 3 N–H and O–H groups in total. The maximum Gasteiger partial charge on any atom is 0.337 e. The van der Waals surface area contributed by atoms with Crippen LogP contribution in [0.2, 0.25) is 0 Å². The quantitative estimate of drug-likeness (QED) is 0.355. The standard InChI is InChI=1S/C27H33N3O4S/c1-17-22(27(32)33)15-24(23-16-35-26(29-23)19-8-11-21(34-2)12-9-19)30(17)20(10-13-25(28)31)14-18-6-4-3-5-7-18/h8-9,11-12,15-16,18,20H,3-7,10,13-14H2,1-2H3,(H2,28,31)(H,32,33). The van der Waals surface area contributed by atoms with Crippen LogP contribution in [0.4, 0.5) is 0 Å². The number of carboxylic acid groups (broad SMARTS) is 1. The fourth-order valence-corrected chi connectivity index (χ4v) is 6.05. The lowest BCUT2D eigenvalue weighted by Crippen LogP contribution is -2.21. The van der Waals surface area contributed by atoms with Gasteiger partial charge in [0.1, 0.15) is 10.8 Å². The molecule has 1 atom stereocenters. The number of carbonyl (C=O) groups is 2.